The number of piperidine rings is 1. The predicted molar refractivity (Wildman–Crippen MR) is 108 cm³/mol. The molecule has 2 heterocycles. The number of carbonyl (C=O) groups is 2. The molecule has 1 aliphatic rings. The molecule has 2 amide bonds. The molecule has 1 aromatic heterocycles. The maximum absolute atomic E-state index is 12.4. The molecule has 1 fully saturated rings. The molecular formula is C20H19Cl2N3O2. The average molecular weight is 404 g/mol. The third kappa shape index (κ3) is 5.31. The Labute approximate surface area is 168 Å². The molecule has 5 nitrogen and oxygen atoms in total. The van der Waals surface area contributed by atoms with Gasteiger partial charge in [-0.3, -0.25) is 9.59 Å². The number of pyridine rings is 1. The van der Waals surface area contributed by atoms with E-state index in [1.54, 1.807) is 47.5 Å². The maximum Gasteiger partial charge on any atom is 0.246 e. The van der Waals surface area contributed by atoms with Crippen LogP contribution in [-0.4, -0.2) is 34.8 Å². The van der Waals surface area contributed by atoms with Crippen LogP contribution in [0, 0.1) is 5.92 Å². The van der Waals surface area contributed by atoms with Crippen LogP contribution in [0.1, 0.15) is 18.4 Å². The third-order valence-electron chi connectivity index (χ3n) is 4.46. The van der Waals surface area contributed by atoms with Crippen molar-refractivity contribution < 1.29 is 9.59 Å². The van der Waals surface area contributed by atoms with Crippen molar-refractivity contribution in [3.8, 4) is 0 Å². The van der Waals surface area contributed by atoms with Gasteiger partial charge in [-0.1, -0.05) is 29.3 Å². The van der Waals surface area contributed by atoms with Crippen molar-refractivity contribution in [2.45, 2.75) is 12.8 Å². The number of anilines is 1. The number of hydrogen-bond acceptors (Lipinski definition) is 3. The molecule has 0 aliphatic carbocycles. The molecule has 2 aromatic rings. The molecule has 27 heavy (non-hydrogen) atoms. The van der Waals surface area contributed by atoms with Crippen LogP contribution in [0.15, 0.2) is 48.7 Å². The minimum absolute atomic E-state index is 0.0537. The Morgan fingerprint density at radius 3 is 2.63 bits per heavy atom. The minimum Gasteiger partial charge on any atom is -0.339 e. The van der Waals surface area contributed by atoms with Gasteiger partial charge in [-0.05, 0) is 54.8 Å². The first-order valence-electron chi connectivity index (χ1n) is 8.67. The highest BCUT2D eigenvalue weighted by Gasteiger charge is 2.26. The summed E-state index contributed by atoms with van der Waals surface area (Å²) in [5, 5.41) is 3.92. The largest absolute Gasteiger partial charge is 0.339 e. The van der Waals surface area contributed by atoms with Crippen molar-refractivity contribution in [2.75, 3.05) is 18.4 Å². The molecule has 7 heteroatoms. The Morgan fingerprint density at radius 2 is 1.93 bits per heavy atom. The lowest BCUT2D eigenvalue weighted by molar-refractivity contribution is -0.130. The van der Waals surface area contributed by atoms with E-state index in [9.17, 15) is 9.59 Å². The first-order valence-corrected chi connectivity index (χ1v) is 9.42. The average Bonchev–Trinajstić information content (AvgIpc) is 2.69. The highest BCUT2D eigenvalue weighted by atomic mass is 35.5. The molecule has 140 valence electrons. The molecule has 0 radical (unpaired) electrons. The number of nitrogens with zero attached hydrogens (tertiary/aromatic N) is 2. The fraction of sp³-hybridized carbons (Fsp3) is 0.250. The summed E-state index contributed by atoms with van der Waals surface area (Å²) in [6.45, 7) is 1.07. The minimum atomic E-state index is -0.123. The van der Waals surface area contributed by atoms with Gasteiger partial charge in [0.05, 0.1) is 0 Å². The van der Waals surface area contributed by atoms with E-state index in [1.807, 2.05) is 6.07 Å². The zero-order valence-electron chi connectivity index (χ0n) is 14.6. The summed E-state index contributed by atoms with van der Waals surface area (Å²) in [6, 6.07) is 10.5. The standard InChI is InChI=1S/C20H19Cl2N3O2/c21-16-5-6-17(22)15(13-16)4-7-19(26)25-11-8-14(9-12-25)20(27)24-18-3-1-2-10-23-18/h1-7,10,13-14H,8-9,11-12H2,(H,23,24,27)/b7-4+. The van der Waals surface area contributed by atoms with Crippen LogP contribution in [0.2, 0.25) is 10.0 Å². The van der Waals surface area contributed by atoms with Crippen molar-refractivity contribution in [3.63, 3.8) is 0 Å². The number of benzene rings is 1. The van der Waals surface area contributed by atoms with Gasteiger partial charge in [-0.25, -0.2) is 4.98 Å². The topological polar surface area (TPSA) is 62.3 Å². The third-order valence-corrected chi connectivity index (χ3v) is 5.04. The van der Waals surface area contributed by atoms with Gasteiger partial charge in [0.2, 0.25) is 11.8 Å². The fourth-order valence-electron chi connectivity index (χ4n) is 2.94. The van der Waals surface area contributed by atoms with Crippen LogP contribution in [0.4, 0.5) is 5.82 Å². The smallest absolute Gasteiger partial charge is 0.246 e. The van der Waals surface area contributed by atoms with Crippen LogP contribution < -0.4 is 5.32 Å². The first kappa shape index (κ1) is 19.4. The lowest BCUT2D eigenvalue weighted by Gasteiger charge is -2.30. The summed E-state index contributed by atoms with van der Waals surface area (Å²) in [6.07, 6.45) is 6.03. The number of hydrogen-bond donors (Lipinski definition) is 1. The van der Waals surface area contributed by atoms with Crippen LogP contribution in [0.3, 0.4) is 0 Å². The number of nitrogens with one attached hydrogen (secondary N) is 1. The van der Waals surface area contributed by atoms with Crippen molar-refractivity contribution in [1.82, 2.24) is 9.88 Å². The van der Waals surface area contributed by atoms with Crippen molar-refractivity contribution >= 4 is 46.9 Å². The van der Waals surface area contributed by atoms with E-state index in [1.165, 1.54) is 6.08 Å². The van der Waals surface area contributed by atoms with Crippen LogP contribution in [0.5, 0.6) is 0 Å². The highest BCUT2D eigenvalue weighted by Crippen LogP contribution is 2.23. The van der Waals surface area contributed by atoms with Gasteiger partial charge in [0, 0.05) is 41.3 Å². The summed E-state index contributed by atoms with van der Waals surface area (Å²) in [5.74, 6) is 0.265. The molecular weight excluding hydrogens is 385 g/mol. The molecule has 0 bridgehead atoms. The van der Waals surface area contributed by atoms with Crippen LogP contribution in [0.25, 0.3) is 6.08 Å². The summed E-state index contributed by atoms with van der Waals surface area (Å²) in [5.41, 5.74) is 0.696. The molecule has 3 rings (SSSR count). The number of aromatic nitrogens is 1. The molecule has 1 aliphatic heterocycles. The lowest BCUT2D eigenvalue weighted by Crippen LogP contribution is -2.40. The normalized spacial score (nSPS) is 15.1. The molecule has 1 saturated heterocycles. The number of likely N-dealkylation sites (tertiary alicyclic amines) is 1. The summed E-state index contributed by atoms with van der Waals surface area (Å²) in [4.78, 5) is 30.5. The second-order valence-electron chi connectivity index (χ2n) is 6.30. The van der Waals surface area contributed by atoms with Gasteiger partial charge in [0.25, 0.3) is 0 Å². The molecule has 0 atom stereocenters. The number of halogens is 2. The van der Waals surface area contributed by atoms with Crippen molar-refractivity contribution in [3.05, 3.63) is 64.3 Å². The van der Waals surface area contributed by atoms with Gasteiger partial charge >= 0.3 is 0 Å². The zero-order chi connectivity index (χ0) is 19.2. The highest BCUT2D eigenvalue weighted by molar-refractivity contribution is 6.34. The lowest BCUT2D eigenvalue weighted by atomic mass is 9.96. The van der Waals surface area contributed by atoms with Gasteiger partial charge in [-0.2, -0.15) is 0 Å². The van der Waals surface area contributed by atoms with E-state index in [0.29, 0.717) is 47.4 Å². The Morgan fingerprint density at radius 1 is 1.15 bits per heavy atom. The Bertz CT molecular complexity index is 848. The number of rotatable bonds is 4. The summed E-state index contributed by atoms with van der Waals surface area (Å²) in [7, 11) is 0. The van der Waals surface area contributed by atoms with E-state index in [2.05, 4.69) is 10.3 Å². The molecule has 0 unspecified atom stereocenters. The molecule has 0 saturated carbocycles. The van der Waals surface area contributed by atoms with E-state index >= 15 is 0 Å². The molecule has 1 aromatic carbocycles. The maximum atomic E-state index is 12.4. The van der Waals surface area contributed by atoms with Gasteiger partial charge in [-0.15, -0.1) is 0 Å². The first-order chi connectivity index (χ1) is 13.0. The van der Waals surface area contributed by atoms with Crippen molar-refractivity contribution in [2.24, 2.45) is 5.92 Å². The van der Waals surface area contributed by atoms with Gasteiger partial charge < -0.3 is 10.2 Å². The van der Waals surface area contributed by atoms with E-state index in [4.69, 9.17) is 23.2 Å². The number of amides is 2. The number of carbonyl (C=O) groups excluding carboxylic acids is 2. The van der Waals surface area contributed by atoms with Crippen LogP contribution in [-0.2, 0) is 9.59 Å². The predicted octanol–water partition coefficient (Wildman–Crippen LogP) is 4.28. The van der Waals surface area contributed by atoms with E-state index < -0.39 is 0 Å². The molecule has 0 spiro atoms. The van der Waals surface area contributed by atoms with E-state index in [0.717, 1.165) is 0 Å². The van der Waals surface area contributed by atoms with Crippen LogP contribution >= 0.6 is 23.2 Å². The fourth-order valence-corrected chi connectivity index (χ4v) is 3.30. The Kier molecular flexibility index (Phi) is 6.48. The van der Waals surface area contributed by atoms with Crippen molar-refractivity contribution in [1.29, 1.82) is 0 Å². The second-order valence-corrected chi connectivity index (χ2v) is 7.15. The second kappa shape index (κ2) is 9.02. The van der Waals surface area contributed by atoms with Gasteiger partial charge in [0.15, 0.2) is 0 Å². The zero-order valence-corrected chi connectivity index (χ0v) is 16.1. The monoisotopic (exact) mass is 403 g/mol. The van der Waals surface area contributed by atoms with Gasteiger partial charge in [0.1, 0.15) is 5.82 Å². The SMILES string of the molecule is O=C(Nc1ccccn1)C1CCN(C(=O)/C=C/c2cc(Cl)ccc2Cl)CC1. The quantitative estimate of drug-likeness (QED) is 0.774. The Balaban J connectivity index is 1.52. The molecule has 1 N–H and O–H groups in total. The summed E-state index contributed by atoms with van der Waals surface area (Å²) >= 11 is 12.1. The Hall–Kier alpha value is -2.37. The summed E-state index contributed by atoms with van der Waals surface area (Å²) < 4.78 is 0. The van der Waals surface area contributed by atoms with E-state index in [-0.39, 0.29) is 17.7 Å².